The van der Waals surface area contributed by atoms with Gasteiger partial charge in [-0.25, -0.2) is 14.8 Å². The van der Waals surface area contributed by atoms with Crippen molar-refractivity contribution >= 4 is 11.9 Å². The molecule has 1 aromatic rings. The van der Waals surface area contributed by atoms with Crippen LogP contribution in [-0.4, -0.2) is 39.3 Å². The summed E-state index contributed by atoms with van der Waals surface area (Å²) in [5.41, 5.74) is 0.588. The average molecular weight is 239 g/mol. The van der Waals surface area contributed by atoms with Gasteiger partial charge in [-0.05, 0) is 25.3 Å². The molecule has 0 radical (unpaired) electrons. The molecule has 94 valence electrons. The second kappa shape index (κ2) is 6.15. The first-order chi connectivity index (χ1) is 8.02. The Bertz CT molecular complexity index is 396. The average Bonchev–Trinajstić information content (AvgIpc) is 2.26. The lowest BCUT2D eigenvalue weighted by molar-refractivity contribution is 0.0690. The van der Waals surface area contributed by atoms with Crippen LogP contribution in [-0.2, 0) is 0 Å². The fourth-order valence-electron chi connectivity index (χ4n) is 1.35. The van der Waals surface area contributed by atoms with Crippen molar-refractivity contribution in [1.82, 2.24) is 9.97 Å². The number of aromatic carboxylic acids is 1. The second-order valence-corrected chi connectivity index (χ2v) is 4.02. The Balaban J connectivity index is 2.68. The van der Waals surface area contributed by atoms with Gasteiger partial charge in [-0.1, -0.05) is 6.92 Å². The molecule has 0 aliphatic rings. The first-order valence-corrected chi connectivity index (χ1v) is 5.46. The van der Waals surface area contributed by atoms with Crippen LogP contribution in [0.1, 0.15) is 29.5 Å². The fraction of sp³-hybridized carbons (Fsp3) is 0.545. The van der Waals surface area contributed by atoms with Crippen molar-refractivity contribution in [2.45, 2.75) is 20.3 Å². The predicted molar refractivity (Wildman–Crippen MR) is 63.1 cm³/mol. The van der Waals surface area contributed by atoms with E-state index >= 15 is 0 Å². The molecule has 3 N–H and O–H groups in total. The van der Waals surface area contributed by atoms with Crippen LogP contribution in [0.2, 0.25) is 0 Å². The fourth-order valence-corrected chi connectivity index (χ4v) is 1.35. The van der Waals surface area contributed by atoms with Gasteiger partial charge in [-0.2, -0.15) is 0 Å². The number of hydrogen-bond donors (Lipinski definition) is 3. The lowest BCUT2D eigenvalue weighted by Crippen LogP contribution is -2.16. The largest absolute Gasteiger partial charge is 0.477 e. The van der Waals surface area contributed by atoms with Gasteiger partial charge in [-0.3, -0.25) is 0 Å². The summed E-state index contributed by atoms with van der Waals surface area (Å²) in [5.74, 6) is -0.480. The van der Waals surface area contributed by atoms with Crippen LogP contribution in [0.15, 0.2) is 6.07 Å². The van der Waals surface area contributed by atoms with E-state index < -0.39 is 5.97 Å². The lowest BCUT2D eigenvalue weighted by atomic mass is 10.1. The van der Waals surface area contributed by atoms with E-state index in [1.165, 1.54) is 6.07 Å². The number of hydrogen-bond acceptors (Lipinski definition) is 5. The van der Waals surface area contributed by atoms with E-state index in [1.807, 2.05) is 6.92 Å². The summed E-state index contributed by atoms with van der Waals surface area (Å²) in [5, 5.41) is 20.6. The molecule has 6 heteroatoms. The summed E-state index contributed by atoms with van der Waals surface area (Å²) in [6.45, 7) is 4.44. The number of nitrogens with zero attached hydrogens (tertiary/aromatic N) is 2. The molecule has 0 amide bonds. The van der Waals surface area contributed by atoms with Gasteiger partial charge in [0.2, 0.25) is 5.95 Å². The normalized spacial score (nSPS) is 12.2. The van der Waals surface area contributed by atoms with E-state index in [4.69, 9.17) is 10.2 Å². The van der Waals surface area contributed by atoms with E-state index in [9.17, 15) is 4.79 Å². The van der Waals surface area contributed by atoms with Crippen LogP contribution < -0.4 is 5.32 Å². The van der Waals surface area contributed by atoms with Gasteiger partial charge in [0.15, 0.2) is 5.69 Å². The van der Waals surface area contributed by atoms with Gasteiger partial charge in [0.1, 0.15) is 0 Å². The Hall–Kier alpha value is -1.69. The van der Waals surface area contributed by atoms with Crippen molar-refractivity contribution in [3.8, 4) is 0 Å². The number of carboxylic acid groups (broad SMARTS) is 1. The third-order valence-corrected chi connectivity index (χ3v) is 2.30. The molecule has 1 atom stereocenters. The van der Waals surface area contributed by atoms with Gasteiger partial charge < -0.3 is 15.5 Å². The van der Waals surface area contributed by atoms with Crippen LogP contribution in [0.25, 0.3) is 0 Å². The Kier molecular flexibility index (Phi) is 4.84. The zero-order chi connectivity index (χ0) is 12.8. The number of carbonyl (C=O) groups is 1. The zero-order valence-electron chi connectivity index (χ0n) is 9.97. The third-order valence-electron chi connectivity index (χ3n) is 2.30. The molecule has 1 unspecified atom stereocenters. The van der Waals surface area contributed by atoms with Crippen LogP contribution >= 0.6 is 0 Å². The van der Waals surface area contributed by atoms with E-state index in [0.717, 1.165) is 0 Å². The van der Waals surface area contributed by atoms with Gasteiger partial charge >= 0.3 is 5.97 Å². The molecule has 1 aromatic heterocycles. The predicted octanol–water partition coefficient (Wildman–Crippen LogP) is 0.914. The van der Waals surface area contributed by atoms with Crippen molar-refractivity contribution in [2.75, 3.05) is 18.5 Å². The summed E-state index contributed by atoms with van der Waals surface area (Å²) < 4.78 is 0. The first-order valence-electron chi connectivity index (χ1n) is 5.46. The quantitative estimate of drug-likeness (QED) is 0.683. The number of nitrogens with one attached hydrogen (secondary N) is 1. The third kappa shape index (κ3) is 4.36. The van der Waals surface area contributed by atoms with Crippen molar-refractivity contribution in [1.29, 1.82) is 0 Å². The topological polar surface area (TPSA) is 95.3 Å². The minimum absolute atomic E-state index is 0.0187. The highest BCUT2D eigenvalue weighted by atomic mass is 16.4. The molecule has 1 heterocycles. The van der Waals surface area contributed by atoms with Crippen LogP contribution in [0.5, 0.6) is 0 Å². The lowest BCUT2D eigenvalue weighted by Gasteiger charge is -2.11. The van der Waals surface area contributed by atoms with E-state index in [0.29, 0.717) is 24.6 Å². The highest BCUT2D eigenvalue weighted by Gasteiger charge is 2.09. The number of anilines is 1. The molecule has 0 fully saturated rings. The standard InChI is InChI=1S/C11H17N3O3/c1-7(3-4-15)6-12-11-13-8(2)5-9(14-11)10(16)17/h5,7,15H,3-4,6H2,1-2H3,(H,16,17)(H,12,13,14). The SMILES string of the molecule is Cc1cc(C(=O)O)nc(NCC(C)CCO)n1. The molecule has 17 heavy (non-hydrogen) atoms. The maximum atomic E-state index is 10.8. The minimum atomic E-state index is -1.07. The number of aromatic nitrogens is 2. The molecule has 0 aromatic carbocycles. The van der Waals surface area contributed by atoms with Crippen molar-refractivity contribution in [3.05, 3.63) is 17.5 Å². The van der Waals surface area contributed by atoms with E-state index in [-0.39, 0.29) is 18.2 Å². The smallest absolute Gasteiger partial charge is 0.354 e. The summed E-state index contributed by atoms with van der Waals surface area (Å²) in [6.07, 6.45) is 0.685. The molecular weight excluding hydrogens is 222 g/mol. The monoisotopic (exact) mass is 239 g/mol. The number of aliphatic hydroxyl groups excluding tert-OH is 1. The summed E-state index contributed by atoms with van der Waals surface area (Å²) >= 11 is 0. The second-order valence-electron chi connectivity index (χ2n) is 4.02. The Morgan fingerprint density at radius 1 is 1.53 bits per heavy atom. The maximum Gasteiger partial charge on any atom is 0.354 e. The Morgan fingerprint density at radius 3 is 2.82 bits per heavy atom. The van der Waals surface area contributed by atoms with Crippen LogP contribution in [0.3, 0.4) is 0 Å². The molecule has 0 bridgehead atoms. The molecule has 6 nitrogen and oxygen atoms in total. The van der Waals surface area contributed by atoms with Gasteiger partial charge in [0.05, 0.1) is 0 Å². The number of rotatable bonds is 6. The summed E-state index contributed by atoms with van der Waals surface area (Å²) in [4.78, 5) is 18.8. The molecule has 0 aliphatic carbocycles. The highest BCUT2D eigenvalue weighted by molar-refractivity contribution is 5.85. The zero-order valence-corrected chi connectivity index (χ0v) is 9.97. The minimum Gasteiger partial charge on any atom is -0.477 e. The number of aliphatic hydroxyl groups is 1. The van der Waals surface area contributed by atoms with Crippen molar-refractivity contribution < 1.29 is 15.0 Å². The molecule has 0 saturated heterocycles. The molecule has 0 spiro atoms. The molecule has 0 saturated carbocycles. The number of carboxylic acids is 1. The van der Waals surface area contributed by atoms with Crippen molar-refractivity contribution in [3.63, 3.8) is 0 Å². The molecular formula is C11H17N3O3. The Labute approximate surface area is 99.7 Å². The molecule has 1 rings (SSSR count). The summed E-state index contributed by atoms with van der Waals surface area (Å²) in [7, 11) is 0. The maximum absolute atomic E-state index is 10.8. The van der Waals surface area contributed by atoms with Gasteiger partial charge in [0, 0.05) is 18.8 Å². The Morgan fingerprint density at radius 2 is 2.24 bits per heavy atom. The number of aryl methyl sites for hydroxylation is 1. The van der Waals surface area contributed by atoms with Crippen molar-refractivity contribution in [2.24, 2.45) is 5.92 Å². The first kappa shape index (κ1) is 13.4. The van der Waals surface area contributed by atoms with Crippen LogP contribution in [0.4, 0.5) is 5.95 Å². The van der Waals surface area contributed by atoms with E-state index in [2.05, 4.69) is 15.3 Å². The van der Waals surface area contributed by atoms with Gasteiger partial charge in [0.25, 0.3) is 0 Å². The molecule has 0 aliphatic heterocycles. The summed E-state index contributed by atoms with van der Waals surface area (Å²) in [6, 6.07) is 1.42. The van der Waals surface area contributed by atoms with Gasteiger partial charge in [-0.15, -0.1) is 0 Å². The highest BCUT2D eigenvalue weighted by Crippen LogP contribution is 2.07. The van der Waals surface area contributed by atoms with Crippen LogP contribution in [0, 0.1) is 12.8 Å². The van der Waals surface area contributed by atoms with E-state index in [1.54, 1.807) is 6.92 Å².